The predicted octanol–water partition coefficient (Wildman–Crippen LogP) is 7.99. The van der Waals surface area contributed by atoms with E-state index in [1.807, 2.05) is 48.6 Å². The summed E-state index contributed by atoms with van der Waals surface area (Å²) < 4.78 is 23.1. The Morgan fingerprint density at radius 2 is 0.868 bits per heavy atom. The fraction of sp³-hybridized carbons (Fsp3) is 0.176. The maximum Gasteiger partial charge on any atom is 0.161 e. The second-order valence-corrected chi connectivity index (χ2v) is 8.93. The minimum Gasteiger partial charge on any atom is -0.493 e. The van der Waals surface area contributed by atoms with Crippen molar-refractivity contribution in [3.05, 3.63) is 132 Å². The van der Waals surface area contributed by atoms with Gasteiger partial charge in [-0.1, -0.05) is 72.8 Å². The van der Waals surface area contributed by atoms with Crippen molar-refractivity contribution in [2.24, 2.45) is 0 Å². The molecule has 0 aliphatic carbocycles. The molecular weight excluding hydrogens is 472 g/mol. The van der Waals surface area contributed by atoms with Crippen molar-refractivity contribution in [3.8, 4) is 34.1 Å². The fourth-order valence-electron chi connectivity index (χ4n) is 4.16. The molecule has 0 fully saturated rings. The van der Waals surface area contributed by atoms with Gasteiger partial charge in [0.1, 0.15) is 13.2 Å². The molecule has 4 heteroatoms. The van der Waals surface area contributed by atoms with E-state index >= 15 is 0 Å². The number of benzene rings is 4. The van der Waals surface area contributed by atoms with Gasteiger partial charge in [0.2, 0.25) is 0 Å². The zero-order valence-corrected chi connectivity index (χ0v) is 22.1. The average molecular weight is 507 g/mol. The Balaban J connectivity index is 1.34. The van der Waals surface area contributed by atoms with Gasteiger partial charge in [0.25, 0.3) is 0 Å². The van der Waals surface area contributed by atoms with Gasteiger partial charge in [-0.05, 0) is 70.5 Å². The van der Waals surface area contributed by atoms with Crippen LogP contribution in [0.2, 0.25) is 0 Å². The predicted molar refractivity (Wildman–Crippen MR) is 154 cm³/mol. The highest BCUT2D eigenvalue weighted by atomic mass is 16.5. The second kappa shape index (κ2) is 13.2. The van der Waals surface area contributed by atoms with Gasteiger partial charge in [-0.25, -0.2) is 0 Å². The molecule has 0 heterocycles. The molecule has 0 amide bonds. The first-order valence-corrected chi connectivity index (χ1v) is 12.6. The monoisotopic (exact) mass is 506 g/mol. The highest BCUT2D eigenvalue weighted by Gasteiger charge is 2.08. The number of allylic oxidation sites excluding steroid dienone is 2. The Bertz CT molecular complexity index is 1250. The van der Waals surface area contributed by atoms with Crippen molar-refractivity contribution in [1.29, 1.82) is 0 Å². The minimum atomic E-state index is 0.464. The van der Waals surface area contributed by atoms with Gasteiger partial charge in [-0.2, -0.15) is 0 Å². The van der Waals surface area contributed by atoms with E-state index in [-0.39, 0.29) is 0 Å². The molecular formula is C34H34O4. The number of rotatable bonds is 13. The topological polar surface area (TPSA) is 36.9 Å². The highest BCUT2D eigenvalue weighted by Crippen LogP contribution is 2.31. The molecule has 0 aromatic heterocycles. The lowest BCUT2D eigenvalue weighted by atomic mass is 10.0. The van der Waals surface area contributed by atoms with Gasteiger partial charge in [0.05, 0.1) is 14.2 Å². The van der Waals surface area contributed by atoms with Crippen molar-refractivity contribution in [1.82, 2.24) is 0 Å². The summed E-state index contributed by atoms with van der Waals surface area (Å²) in [5.74, 6) is 2.92. The van der Waals surface area contributed by atoms with Crippen LogP contribution in [0.5, 0.6) is 23.0 Å². The third-order valence-electron chi connectivity index (χ3n) is 6.25. The Morgan fingerprint density at radius 1 is 0.500 bits per heavy atom. The molecule has 4 aromatic carbocycles. The Hall–Kier alpha value is -4.44. The summed E-state index contributed by atoms with van der Waals surface area (Å²) in [6, 6.07) is 28.8. The molecule has 4 rings (SSSR count). The second-order valence-electron chi connectivity index (χ2n) is 8.93. The summed E-state index contributed by atoms with van der Waals surface area (Å²) in [6.07, 6.45) is 5.34. The molecule has 0 N–H and O–H groups in total. The normalized spacial score (nSPS) is 10.5. The summed E-state index contributed by atoms with van der Waals surface area (Å²) in [7, 11) is 3.31. The van der Waals surface area contributed by atoms with Crippen molar-refractivity contribution >= 4 is 0 Å². The standard InChI is InChI=1S/C34H34O4/c1-5-7-25-13-19-31(33(21-25)35-3)37-23-27-9-15-29(16-10-27)30-17-11-28(12-18-30)24-38-32-20-14-26(8-6-2)22-34(32)36-4/h5-6,9-22H,1-2,7-8,23-24H2,3-4H3. The quantitative estimate of drug-likeness (QED) is 0.172. The number of hydrogen-bond donors (Lipinski definition) is 0. The van der Waals surface area contributed by atoms with Crippen LogP contribution in [0.25, 0.3) is 11.1 Å². The fourth-order valence-corrected chi connectivity index (χ4v) is 4.16. The summed E-state index contributed by atoms with van der Waals surface area (Å²) in [6.45, 7) is 8.51. The van der Waals surface area contributed by atoms with Crippen LogP contribution in [-0.2, 0) is 26.1 Å². The number of methoxy groups -OCH3 is 2. The number of ether oxygens (including phenoxy) is 4. The first kappa shape index (κ1) is 26.6. The summed E-state index contributed by atoms with van der Waals surface area (Å²) in [5, 5.41) is 0. The summed E-state index contributed by atoms with van der Waals surface area (Å²) in [5.41, 5.74) is 6.75. The van der Waals surface area contributed by atoms with Crippen molar-refractivity contribution in [2.75, 3.05) is 14.2 Å². The van der Waals surface area contributed by atoms with E-state index in [1.54, 1.807) is 14.2 Å². The van der Waals surface area contributed by atoms with Gasteiger partial charge in [-0.3, -0.25) is 0 Å². The van der Waals surface area contributed by atoms with Crippen LogP contribution in [-0.4, -0.2) is 14.2 Å². The first-order chi connectivity index (χ1) is 18.6. The van der Waals surface area contributed by atoms with E-state index in [2.05, 4.69) is 61.7 Å². The van der Waals surface area contributed by atoms with E-state index in [0.29, 0.717) is 13.2 Å². The van der Waals surface area contributed by atoms with Crippen LogP contribution >= 0.6 is 0 Å². The minimum absolute atomic E-state index is 0.464. The van der Waals surface area contributed by atoms with Crippen LogP contribution in [0.3, 0.4) is 0 Å². The molecule has 38 heavy (non-hydrogen) atoms. The maximum atomic E-state index is 6.03. The smallest absolute Gasteiger partial charge is 0.161 e. The van der Waals surface area contributed by atoms with Crippen LogP contribution in [0.4, 0.5) is 0 Å². The molecule has 4 nitrogen and oxygen atoms in total. The van der Waals surface area contributed by atoms with Crippen LogP contribution < -0.4 is 18.9 Å². The number of hydrogen-bond acceptors (Lipinski definition) is 4. The molecule has 0 atom stereocenters. The lowest BCUT2D eigenvalue weighted by Crippen LogP contribution is -1.99. The van der Waals surface area contributed by atoms with E-state index in [1.165, 1.54) is 0 Å². The molecule has 0 radical (unpaired) electrons. The van der Waals surface area contributed by atoms with E-state index < -0.39 is 0 Å². The summed E-state index contributed by atoms with van der Waals surface area (Å²) in [4.78, 5) is 0. The molecule has 0 saturated carbocycles. The maximum absolute atomic E-state index is 6.03. The molecule has 0 saturated heterocycles. The van der Waals surface area contributed by atoms with Crippen molar-refractivity contribution < 1.29 is 18.9 Å². The molecule has 4 aromatic rings. The van der Waals surface area contributed by atoms with Crippen molar-refractivity contribution in [2.45, 2.75) is 26.1 Å². The molecule has 0 aliphatic rings. The third kappa shape index (κ3) is 6.86. The molecule has 0 bridgehead atoms. The Kier molecular flexibility index (Phi) is 9.25. The van der Waals surface area contributed by atoms with Gasteiger partial charge in [-0.15, -0.1) is 13.2 Å². The molecule has 194 valence electrons. The molecule has 0 aliphatic heterocycles. The van der Waals surface area contributed by atoms with E-state index in [9.17, 15) is 0 Å². The molecule has 0 spiro atoms. The Labute approximate surface area is 225 Å². The molecule has 0 unspecified atom stereocenters. The van der Waals surface area contributed by atoms with Gasteiger partial charge >= 0.3 is 0 Å². The van der Waals surface area contributed by atoms with Gasteiger partial charge in [0, 0.05) is 0 Å². The first-order valence-electron chi connectivity index (χ1n) is 12.6. The van der Waals surface area contributed by atoms with Gasteiger partial charge < -0.3 is 18.9 Å². The largest absolute Gasteiger partial charge is 0.493 e. The van der Waals surface area contributed by atoms with Crippen LogP contribution in [0.1, 0.15) is 22.3 Å². The third-order valence-corrected chi connectivity index (χ3v) is 6.25. The lowest BCUT2D eigenvalue weighted by molar-refractivity contribution is 0.284. The SMILES string of the molecule is C=CCc1ccc(OCc2ccc(-c3ccc(COc4ccc(CC=C)cc4OC)cc3)cc2)c(OC)c1. The Morgan fingerprint density at radius 3 is 1.21 bits per heavy atom. The van der Waals surface area contributed by atoms with Crippen molar-refractivity contribution in [3.63, 3.8) is 0 Å². The highest BCUT2D eigenvalue weighted by molar-refractivity contribution is 5.64. The van der Waals surface area contributed by atoms with Crippen LogP contribution in [0.15, 0.2) is 110 Å². The van der Waals surface area contributed by atoms with E-state index in [4.69, 9.17) is 18.9 Å². The zero-order chi connectivity index (χ0) is 26.7. The lowest BCUT2D eigenvalue weighted by Gasteiger charge is -2.13. The summed E-state index contributed by atoms with van der Waals surface area (Å²) >= 11 is 0. The van der Waals surface area contributed by atoms with Crippen LogP contribution in [0, 0.1) is 0 Å². The zero-order valence-electron chi connectivity index (χ0n) is 22.1. The van der Waals surface area contributed by atoms with Gasteiger partial charge in [0.15, 0.2) is 23.0 Å². The van der Waals surface area contributed by atoms with E-state index in [0.717, 1.165) is 69.2 Å². The average Bonchev–Trinajstić information content (AvgIpc) is 2.96.